The zero-order chi connectivity index (χ0) is 18.7. The summed E-state index contributed by atoms with van der Waals surface area (Å²) in [6.07, 6.45) is 2.01. The normalized spacial score (nSPS) is 11.1. The molecule has 0 saturated heterocycles. The van der Waals surface area contributed by atoms with Crippen molar-refractivity contribution in [2.45, 2.75) is 31.1 Å². The average molecular weight is 386 g/mol. The van der Waals surface area contributed by atoms with Gasteiger partial charge in [0.15, 0.2) is 0 Å². The van der Waals surface area contributed by atoms with Gasteiger partial charge in [-0.3, -0.25) is 14.9 Å². The minimum atomic E-state index is -0.125. The summed E-state index contributed by atoms with van der Waals surface area (Å²) in [5.74, 6) is 0.142. The third-order valence-electron chi connectivity index (χ3n) is 4.14. The first kappa shape index (κ1) is 18.7. The molecule has 0 spiro atoms. The van der Waals surface area contributed by atoms with Crippen LogP contribution in [0.5, 0.6) is 0 Å². The maximum Gasteiger partial charge on any atom is 0.228 e. The molecule has 4 nitrogen and oxygen atoms in total. The fraction of sp³-hybridized carbons (Fsp3) is 0.200. The molecule has 0 atom stereocenters. The predicted molar refractivity (Wildman–Crippen MR) is 110 cm³/mol. The van der Waals surface area contributed by atoms with Crippen LogP contribution in [0.1, 0.15) is 31.0 Å². The summed E-state index contributed by atoms with van der Waals surface area (Å²) in [5.41, 5.74) is 2.49. The number of aromatic nitrogens is 1. The van der Waals surface area contributed by atoms with E-state index >= 15 is 0 Å². The fourth-order valence-corrected chi connectivity index (χ4v) is 3.62. The molecule has 0 saturated carbocycles. The highest BCUT2D eigenvalue weighted by molar-refractivity contribution is 7.97. The van der Waals surface area contributed by atoms with Gasteiger partial charge in [-0.25, -0.2) is 0 Å². The van der Waals surface area contributed by atoms with E-state index in [0.717, 1.165) is 26.9 Å². The number of nitrogens with one attached hydrogen (secondary N) is 1. The van der Waals surface area contributed by atoms with Crippen LogP contribution in [0.15, 0.2) is 53.6 Å². The largest absolute Gasteiger partial charge is 0.326 e. The maximum atomic E-state index is 12.5. The van der Waals surface area contributed by atoms with E-state index in [0.29, 0.717) is 10.7 Å². The van der Waals surface area contributed by atoms with Gasteiger partial charge in [0.1, 0.15) is 0 Å². The van der Waals surface area contributed by atoms with E-state index < -0.39 is 0 Å². The molecule has 1 aromatic heterocycles. The van der Waals surface area contributed by atoms with Crippen LogP contribution in [0, 0.1) is 0 Å². The van der Waals surface area contributed by atoms with Gasteiger partial charge >= 0.3 is 0 Å². The molecule has 0 aliphatic carbocycles. The zero-order valence-corrected chi connectivity index (χ0v) is 16.2. The lowest BCUT2D eigenvalue weighted by Crippen LogP contribution is -2.15. The number of anilines is 1. The Bertz CT molecular complexity index is 959. The minimum absolute atomic E-state index is 0.125. The van der Waals surface area contributed by atoms with E-state index in [9.17, 15) is 4.79 Å². The van der Waals surface area contributed by atoms with Crippen LogP contribution in [0.3, 0.4) is 0 Å². The molecular formula is C20H20ClN3OS. The monoisotopic (exact) mass is 385 g/mol. The number of nitrogens with zero attached hydrogens (tertiary/aromatic N) is 1. The van der Waals surface area contributed by atoms with Crippen LogP contribution in [0.2, 0.25) is 5.02 Å². The molecule has 1 heterocycles. The molecule has 3 rings (SSSR count). The molecule has 26 heavy (non-hydrogen) atoms. The highest BCUT2D eigenvalue weighted by Crippen LogP contribution is 2.33. The fourth-order valence-electron chi connectivity index (χ4n) is 2.92. The van der Waals surface area contributed by atoms with Gasteiger partial charge in [0.2, 0.25) is 5.91 Å². The van der Waals surface area contributed by atoms with Crippen LogP contribution >= 0.6 is 23.5 Å². The summed E-state index contributed by atoms with van der Waals surface area (Å²) in [7, 11) is 0. The molecule has 134 valence electrons. The summed E-state index contributed by atoms with van der Waals surface area (Å²) in [6, 6.07) is 13.1. The van der Waals surface area contributed by atoms with Crippen molar-refractivity contribution < 1.29 is 4.79 Å². The Morgan fingerprint density at radius 3 is 2.69 bits per heavy atom. The van der Waals surface area contributed by atoms with E-state index in [2.05, 4.69) is 24.1 Å². The van der Waals surface area contributed by atoms with Crippen molar-refractivity contribution in [1.82, 2.24) is 4.98 Å². The number of nitrogens with two attached hydrogens (primary N) is 1. The molecule has 0 aliphatic rings. The van der Waals surface area contributed by atoms with Crippen molar-refractivity contribution in [2.75, 3.05) is 5.32 Å². The lowest BCUT2D eigenvalue weighted by Gasteiger charge is -2.14. The summed E-state index contributed by atoms with van der Waals surface area (Å²) in [6.45, 7) is 4.19. The topological polar surface area (TPSA) is 68.0 Å². The first-order chi connectivity index (χ1) is 12.5. The van der Waals surface area contributed by atoms with Gasteiger partial charge in [0, 0.05) is 32.6 Å². The number of carbonyl (C=O) groups is 1. The quantitative estimate of drug-likeness (QED) is 0.595. The van der Waals surface area contributed by atoms with Crippen molar-refractivity contribution in [3.63, 3.8) is 0 Å². The number of fused-ring (bicyclic) bond motifs is 1. The first-order valence-electron chi connectivity index (χ1n) is 8.32. The lowest BCUT2D eigenvalue weighted by atomic mass is 10.0. The Morgan fingerprint density at radius 2 is 2.00 bits per heavy atom. The van der Waals surface area contributed by atoms with Gasteiger partial charge in [-0.2, -0.15) is 0 Å². The standard InChI is InChI=1S/C20H20ClN3OS/c1-12(2)20-16-10-14(11-18(26-22)15(16)7-8-23-20)24-19(25)9-13-5-3-4-6-17(13)21/h3-8,10-12H,9,22H2,1-2H3,(H,24,25). The maximum absolute atomic E-state index is 12.5. The second-order valence-electron chi connectivity index (χ2n) is 6.35. The molecular weight excluding hydrogens is 366 g/mol. The number of benzene rings is 2. The molecule has 0 radical (unpaired) electrons. The van der Waals surface area contributed by atoms with Crippen LogP contribution in [0.25, 0.3) is 10.8 Å². The number of hydrogen-bond donors (Lipinski definition) is 2. The van der Waals surface area contributed by atoms with E-state index in [1.54, 1.807) is 12.3 Å². The van der Waals surface area contributed by atoms with Crippen molar-refractivity contribution in [2.24, 2.45) is 5.14 Å². The predicted octanol–water partition coefficient (Wildman–Crippen LogP) is 5.16. The summed E-state index contributed by atoms with van der Waals surface area (Å²) >= 11 is 7.31. The number of rotatable bonds is 5. The summed E-state index contributed by atoms with van der Waals surface area (Å²) in [4.78, 5) is 17.9. The number of pyridine rings is 1. The van der Waals surface area contributed by atoms with Crippen molar-refractivity contribution in [3.8, 4) is 0 Å². The van der Waals surface area contributed by atoms with E-state index in [-0.39, 0.29) is 18.2 Å². The van der Waals surface area contributed by atoms with Crippen molar-refractivity contribution in [1.29, 1.82) is 0 Å². The van der Waals surface area contributed by atoms with E-state index in [1.165, 1.54) is 11.9 Å². The molecule has 2 aromatic carbocycles. The van der Waals surface area contributed by atoms with Crippen LogP contribution in [-0.2, 0) is 11.2 Å². The van der Waals surface area contributed by atoms with Crippen LogP contribution in [-0.4, -0.2) is 10.9 Å². The van der Waals surface area contributed by atoms with Gasteiger partial charge in [-0.15, -0.1) is 0 Å². The van der Waals surface area contributed by atoms with Gasteiger partial charge in [-0.05, 0) is 47.7 Å². The number of amides is 1. The molecule has 3 aromatic rings. The SMILES string of the molecule is CC(C)c1nccc2c(SN)cc(NC(=O)Cc3ccccc3Cl)cc12. The smallest absolute Gasteiger partial charge is 0.228 e. The summed E-state index contributed by atoms with van der Waals surface area (Å²) < 4.78 is 0. The molecule has 6 heteroatoms. The second kappa shape index (κ2) is 8.08. The number of halogens is 1. The van der Waals surface area contributed by atoms with Gasteiger partial charge in [0.25, 0.3) is 0 Å². The molecule has 3 N–H and O–H groups in total. The van der Waals surface area contributed by atoms with Gasteiger partial charge in [-0.1, -0.05) is 43.6 Å². The van der Waals surface area contributed by atoms with Crippen LogP contribution < -0.4 is 10.5 Å². The Labute approximate surface area is 162 Å². The number of hydrogen-bond acceptors (Lipinski definition) is 4. The lowest BCUT2D eigenvalue weighted by molar-refractivity contribution is -0.115. The van der Waals surface area contributed by atoms with Crippen molar-refractivity contribution in [3.05, 3.63) is 64.9 Å². The first-order valence-corrected chi connectivity index (χ1v) is 9.58. The second-order valence-corrected chi connectivity index (χ2v) is 7.44. The zero-order valence-electron chi connectivity index (χ0n) is 14.6. The third-order valence-corrected chi connectivity index (χ3v) is 5.10. The summed E-state index contributed by atoms with van der Waals surface area (Å²) in [5, 5.41) is 11.4. The van der Waals surface area contributed by atoms with Crippen LogP contribution in [0.4, 0.5) is 5.69 Å². The van der Waals surface area contributed by atoms with E-state index in [4.69, 9.17) is 16.7 Å². The Hall–Kier alpha value is -2.08. The Balaban J connectivity index is 1.93. The molecule has 0 bridgehead atoms. The van der Waals surface area contributed by atoms with Crippen molar-refractivity contribution >= 4 is 45.9 Å². The minimum Gasteiger partial charge on any atom is -0.326 e. The molecule has 1 amide bonds. The Morgan fingerprint density at radius 1 is 1.23 bits per heavy atom. The highest BCUT2D eigenvalue weighted by Gasteiger charge is 2.13. The number of carbonyl (C=O) groups excluding carboxylic acids is 1. The van der Waals surface area contributed by atoms with Gasteiger partial charge < -0.3 is 5.32 Å². The molecule has 0 unspecified atom stereocenters. The van der Waals surface area contributed by atoms with E-state index in [1.807, 2.05) is 36.4 Å². The molecule has 0 fully saturated rings. The molecule has 0 aliphatic heterocycles. The average Bonchev–Trinajstić information content (AvgIpc) is 2.62. The Kier molecular flexibility index (Phi) is 5.81. The highest BCUT2D eigenvalue weighted by atomic mass is 35.5. The third kappa shape index (κ3) is 4.01. The van der Waals surface area contributed by atoms with Gasteiger partial charge in [0.05, 0.1) is 12.1 Å².